The van der Waals surface area contributed by atoms with Gasteiger partial charge in [-0.3, -0.25) is 4.79 Å². The highest BCUT2D eigenvalue weighted by atomic mass is 16.3. The zero-order chi connectivity index (χ0) is 13.9. The average molecular weight is 274 g/mol. The molecule has 1 fully saturated rings. The summed E-state index contributed by atoms with van der Waals surface area (Å²) >= 11 is 0. The number of nitrogens with one attached hydrogen (secondary N) is 1. The van der Waals surface area contributed by atoms with Crippen molar-refractivity contribution >= 4 is 11.6 Å². The lowest BCUT2D eigenvalue weighted by Crippen LogP contribution is -2.42. The third kappa shape index (κ3) is 2.52. The number of anilines is 1. The van der Waals surface area contributed by atoms with Crippen molar-refractivity contribution in [3.63, 3.8) is 0 Å². The van der Waals surface area contributed by atoms with Gasteiger partial charge in [-0.05, 0) is 37.0 Å². The zero-order valence-electron chi connectivity index (χ0n) is 11.8. The second-order valence-electron chi connectivity index (χ2n) is 5.73. The van der Waals surface area contributed by atoms with E-state index in [2.05, 4.69) is 5.32 Å². The van der Waals surface area contributed by atoms with Crippen LogP contribution in [0.25, 0.3) is 0 Å². The largest absolute Gasteiger partial charge is 0.394 e. The maximum Gasteiger partial charge on any atom is 0.254 e. The zero-order valence-corrected chi connectivity index (χ0v) is 11.8. The van der Waals surface area contributed by atoms with E-state index in [-0.39, 0.29) is 18.6 Å². The summed E-state index contributed by atoms with van der Waals surface area (Å²) in [6.07, 6.45) is 5.22. The van der Waals surface area contributed by atoms with Crippen molar-refractivity contribution in [1.29, 1.82) is 0 Å². The van der Waals surface area contributed by atoms with Gasteiger partial charge in [-0.15, -0.1) is 0 Å². The molecule has 0 spiro atoms. The first-order valence-corrected chi connectivity index (χ1v) is 7.58. The molecular weight excluding hydrogens is 252 g/mol. The SMILES string of the molecule is O=C(c1ccc2c(c1)NCC2)N1CCCCCC1CO. The molecule has 2 heterocycles. The smallest absolute Gasteiger partial charge is 0.254 e. The van der Waals surface area contributed by atoms with Crippen molar-refractivity contribution in [2.75, 3.05) is 25.0 Å². The van der Waals surface area contributed by atoms with Gasteiger partial charge in [0.05, 0.1) is 12.6 Å². The summed E-state index contributed by atoms with van der Waals surface area (Å²) < 4.78 is 0. The van der Waals surface area contributed by atoms with Crippen LogP contribution in [-0.4, -0.2) is 41.7 Å². The Bertz CT molecular complexity index is 501. The van der Waals surface area contributed by atoms with Gasteiger partial charge in [-0.1, -0.05) is 18.9 Å². The van der Waals surface area contributed by atoms with Gasteiger partial charge >= 0.3 is 0 Å². The first-order chi connectivity index (χ1) is 9.79. The van der Waals surface area contributed by atoms with E-state index in [1.54, 1.807) is 0 Å². The Morgan fingerprint density at radius 1 is 1.35 bits per heavy atom. The summed E-state index contributed by atoms with van der Waals surface area (Å²) in [5.74, 6) is 0.0578. The second-order valence-corrected chi connectivity index (χ2v) is 5.73. The van der Waals surface area contributed by atoms with E-state index in [9.17, 15) is 9.90 Å². The highest BCUT2D eigenvalue weighted by Gasteiger charge is 2.26. The van der Waals surface area contributed by atoms with Gasteiger partial charge in [-0.2, -0.15) is 0 Å². The van der Waals surface area contributed by atoms with E-state index in [0.717, 1.165) is 56.4 Å². The molecule has 2 aliphatic heterocycles. The molecule has 1 unspecified atom stereocenters. The number of aliphatic hydroxyl groups excluding tert-OH is 1. The predicted molar refractivity (Wildman–Crippen MR) is 79.0 cm³/mol. The number of rotatable bonds is 2. The average Bonchev–Trinajstić information content (AvgIpc) is 2.81. The minimum atomic E-state index is -0.0220. The third-order valence-corrected chi connectivity index (χ3v) is 4.42. The molecule has 2 N–H and O–H groups in total. The van der Waals surface area contributed by atoms with Crippen LogP contribution in [0.4, 0.5) is 5.69 Å². The summed E-state index contributed by atoms with van der Waals surface area (Å²) in [5, 5.41) is 12.8. The van der Waals surface area contributed by atoms with Crippen molar-refractivity contribution in [1.82, 2.24) is 4.90 Å². The number of hydrogen-bond donors (Lipinski definition) is 2. The number of amides is 1. The van der Waals surface area contributed by atoms with Crippen LogP contribution in [0.15, 0.2) is 18.2 Å². The Labute approximate surface area is 119 Å². The number of nitrogens with zero attached hydrogens (tertiary/aromatic N) is 1. The second kappa shape index (κ2) is 5.83. The molecule has 1 atom stereocenters. The van der Waals surface area contributed by atoms with Crippen molar-refractivity contribution in [2.45, 2.75) is 38.1 Å². The lowest BCUT2D eigenvalue weighted by atomic mass is 10.1. The van der Waals surface area contributed by atoms with Crippen LogP contribution in [0, 0.1) is 0 Å². The highest BCUT2D eigenvalue weighted by molar-refractivity contribution is 5.95. The summed E-state index contributed by atoms with van der Waals surface area (Å²) in [5.41, 5.74) is 3.11. The number of carbonyl (C=O) groups is 1. The summed E-state index contributed by atoms with van der Waals surface area (Å²) in [6, 6.07) is 5.91. The van der Waals surface area contributed by atoms with Gasteiger partial charge in [0, 0.05) is 24.3 Å². The fourth-order valence-electron chi connectivity index (χ4n) is 3.22. The van der Waals surface area contributed by atoms with Gasteiger partial charge in [0.25, 0.3) is 5.91 Å². The molecule has 4 nitrogen and oxygen atoms in total. The first-order valence-electron chi connectivity index (χ1n) is 7.58. The Balaban J connectivity index is 1.83. The third-order valence-electron chi connectivity index (χ3n) is 4.42. The van der Waals surface area contributed by atoms with Gasteiger partial charge < -0.3 is 15.3 Å². The van der Waals surface area contributed by atoms with Crippen molar-refractivity contribution in [2.24, 2.45) is 0 Å². The van der Waals surface area contributed by atoms with Crippen molar-refractivity contribution < 1.29 is 9.90 Å². The first kappa shape index (κ1) is 13.4. The molecule has 4 heteroatoms. The topological polar surface area (TPSA) is 52.6 Å². The monoisotopic (exact) mass is 274 g/mol. The van der Waals surface area contributed by atoms with Crippen LogP contribution in [-0.2, 0) is 6.42 Å². The van der Waals surface area contributed by atoms with Crippen LogP contribution in [0.5, 0.6) is 0 Å². The van der Waals surface area contributed by atoms with Gasteiger partial charge in [-0.25, -0.2) is 0 Å². The van der Waals surface area contributed by atoms with E-state index in [4.69, 9.17) is 0 Å². The van der Waals surface area contributed by atoms with E-state index in [1.807, 2.05) is 23.1 Å². The fourth-order valence-corrected chi connectivity index (χ4v) is 3.22. The molecule has 0 saturated carbocycles. The van der Waals surface area contributed by atoms with Crippen LogP contribution >= 0.6 is 0 Å². The van der Waals surface area contributed by atoms with Crippen LogP contribution in [0.1, 0.15) is 41.6 Å². The summed E-state index contributed by atoms with van der Waals surface area (Å²) in [4.78, 5) is 14.6. The van der Waals surface area contributed by atoms with Crippen molar-refractivity contribution in [3.8, 4) is 0 Å². The Hall–Kier alpha value is -1.55. The van der Waals surface area contributed by atoms with Gasteiger partial charge in [0.15, 0.2) is 0 Å². The van der Waals surface area contributed by atoms with Gasteiger partial charge in [0.1, 0.15) is 0 Å². The molecule has 3 rings (SSSR count). The number of likely N-dealkylation sites (tertiary alicyclic amines) is 1. The molecule has 1 aromatic carbocycles. The Kier molecular flexibility index (Phi) is 3.92. The number of carbonyl (C=O) groups excluding carboxylic acids is 1. The number of aliphatic hydroxyl groups is 1. The molecule has 1 amide bonds. The fraction of sp³-hybridized carbons (Fsp3) is 0.562. The standard InChI is InChI=1S/C16H22N2O2/c19-11-14-4-2-1-3-9-18(14)16(20)13-6-5-12-7-8-17-15(12)10-13/h5-6,10,14,17,19H,1-4,7-9,11H2. The summed E-state index contributed by atoms with van der Waals surface area (Å²) in [6.45, 7) is 1.78. The van der Waals surface area contributed by atoms with E-state index < -0.39 is 0 Å². The normalized spacial score (nSPS) is 22.1. The Morgan fingerprint density at radius 3 is 3.10 bits per heavy atom. The van der Waals surface area contributed by atoms with Crippen LogP contribution in [0.3, 0.4) is 0 Å². The van der Waals surface area contributed by atoms with E-state index in [0.29, 0.717) is 0 Å². The molecule has 0 radical (unpaired) electrons. The van der Waals surface area contributed by atoms with E-state index >= 15 is 0 Å². The maximum absolute atomic E-state index is 12.7. The number of benzene rings is 1. The molecule has 2 aliphatic rings. The molecule has 1 saturated heterocycles. The molecular formula is C16H22N2O2. The van der Waals surface area contributed by atoms with Gasteiger partial charge in [0.2, 0.25) is 0 Å². The lowest BCUT2D eigenvalue weighted by Gasteiger charge is -2.28. The predicted octanol–water partition coefficient (Wildman–Crippen LogP) is 2.03. The lowest BCUT2D eigenvalue weighted by molar-refractivity contribution is 0.0600. The van der Waals surface area contributed by atoms with Crippen LogP contribution in [0.2, 0.25) is 0 Å². The molecule has 0 aromatic heterocycles. The van der Waals surface area contributed by atoms with Crippen LogP contribution < -0.4 is 5.32 Å². The minimum Gasteiger partial charge on any atom is -0.394 e. The van der Waals surface area contributed by atoms with E-state index in [1.165, 1.54) is 5.56 Å². The molecule has 0 bridgehead atoms. The molecule has 20 heavy (non-hydrogen) atoms. The van der Waals surface area contributed by atoms with Crippen molar-refractivity contribution in [3.05, 3.63) is 29.3 Å². The molecule has 0 aliphatic carbocycles. The highest BCUT2D eigenvalue weighted by Crippen LogP contribution is 2.25. The minimum absolute atomic E-state index is 0.0220. The quantitative estimate of drug-likeness (QED) is 0.867. The summed E-state index contributed by atoms with van der Waals surface area (Å²) in [7, 11) is 0. The molecule has 108 valence electrons. The molecule has 1 aromatic rings. The Morgan fingerprint density at radius 2 is 2.25 bits per heavy atom. The number of fused-ring (bicyclic) bond motifs is 1. The number of hydrogen-bond acceptors (Lipinski definition) is 3. The maximum atomic E-state index is 12.7.